The number of hydrogen-bond donors (Lipinski definition) is 1. The predicted octanol–water partition coefficient (Wildman–Crippen LogP) is 1.75. The van der Waals surface area contributed by atoms with Gasteiger partial charge in [0.15, 0.2) is 17.1 Å². The van der Waals surface area contributed by atoms with Crippen molar-refractivity contribution in [1.82, 2.24) is 4.57 Å². The van der Waals surface area contributed by atoms with Gasteiger partial charge in [-0.2, -0.15) is 0 Å². The summed E-state index contributed by atoms with van der Waals surface area (Å²) in [5.74, 6) is -0.531. The Morgan fingerprint density at radius 2 is 1.96 bits per heavy atom. The molecule has 0 atom stereocenters. The van der Waals surface area contributed by atoms with E-state index in [0.29, 0.717) is 22.7 Å². The summed E-state index contributed by atoms with van der Waals surface area (Å²) in [6, 6.07) is 9.42. The molecule has 0 aliphatic carbocycles. The molecule has 0 fully saturated rings. The monoisotopic (exact) mass is 370 g/mol. The molecule has 1 aliphatic heterocycles. The number of nitrogens with one attached hydrogen (secondary N) is 1. The number of ether oxygens (including phenoxy) is 3. The van der Waals surface area contributed by atoms with Gasteiger partial charge in [-0.15, -0.1) is 0 Å². The van der Waals surface area contributed by atoms with Crippen LogP contribution in [0.25, 0.3) is 11.1 Å². The summed E-state index contributed by atoms with van der Waals surface area (Å²) in [7, 11) is 1.26. The highest BCUT2D eigenvalue weighted by atomic mass is 16.7. The molecule has 2 heterocycles. The molecule has 0 radical (unpaired) electrons. The van der Waals surface area contributed by atoms with Crippen LogP contribution in [0.1, 0.15) is 10.4 Å². The second-order valence-electron chi connectivity index (χ2n) is 5.74. The molecule has 2 aromatic carbocycles. The molecule has 3 aromatic rings. The average Bonchev–Trinajstić information content (AvgIpc) is 3.24. The summed E-state index contributed by atoms with van der Waals surface area (Å²) < 4.78 is 21.4. The molecule has 0 saturated heterocycles. The van der Waals surface area contributed by atoms with Crippen molar-refractivity contribution in [3.05, 3.63) is 52.5 Å². The summed E-state index contributed by atoms with van der Waals surface area (Å²) in [5, 5.41) is 2.69. The van der Waals surface area contributed by atoms with E-state index in [4.69, 9.17) is 13.9 Å². The van der Waals surface area contributed by atoms with E-state index in [1.807, 2.05) is 0 Å². The molecular formula is C18H14N2O7. The summed E-state index contributed by atoms with van der Waals surface area (Å²) in [5.41, 5.74) is 1.35. The minimum atomic E-state index is -0.701. The Labute approximate surface area is 152 Å². The van der Waals surface area contributed by atoms with Crippen molar-refractivity contribution in [3.8, 4) is 11.5 Å². The van der Waals surface area contributed by atoms with E-state index in [9.17, 15) is 14.4 Å². The van der Waals surface area contributed by atoms with Crippen LogP contribution in [0.15, 0.2) is 45.6 Å². The SMILES string of the molecule is COC(=O)c1ccc2c(c1)oc(=O)n2CC(=O)Nc1ccc2c(c1)OCO2. The zero-order valence-electron chi connectivity index (χ0n) is 14.2. The molecule has 4 rings (SSSR count). The van der Waals surface area contributed by atoms with Gasteiger partial charge in [-0.05, 0) is 30.3 Å². The highest BCUT2D eigenvalue weighted by Crippen LogP contribution is 2.34. The molecule has 9 nitrogen and oxygen atoms in total. The van der Waals surface area contributed by atoms with E-state index in [-0.39, 0.29) is 24.5 Å². The number of benzene rings is 2. The van der Waals surface area contributed by atoms with Gasteiger partial charge < -0.3 is 23.9 Å². The van der Waals surface area contributed by atoms with Crippen LogP contribution in [0.2, 0.25) is 0 Å². The number of esters is 1. The second-order valence-corrected chi connectivity index (χ2v) is 5.74. The zero-order valence-corrected chi connectivity index (χ0v) is 14.2. The molecule has 0 spiro atoms. The minimum absolute atomic E-state index is 0.136. The second kappa shape index (κ2) is 6.52. The van der Waals surface area contributed by atoms with Gasteiger partial charge in [-0.25, -0.2) is 9.59 Å². The number of carbonyl (C=O) groups excluding carboxylic acids is 2. The number of methoxy groups -OCH3 is 1. The molecule has 27 heavy (non-hydrogen) atoms. The minimum Gasteiger partial charge on any atom is -0.465 e. The first kappa shape index (κ1) is 16.7. The summed E-state index contributed by atoms with van der Waals surface area (Å²) in [6.45, 7) is -0.117. The van der Waals surface area contributed by atoms with Crippen LogP contribution in [-0.4, -0.2) is 30.3 Å². The molecule has 1 aliphatic rings. The molecule has 0 saturated carbocycles. The fraction of sp³-hybridized carbons (Fsp3) is 0.167. The van der Waals surface area contributed by atoms with E-state index in [1.165, 1.54) is 29.9 Å². The number of rotatable bonds is 4. The summed E-state index contributed by atoms with van der Waals surface area (Å²) in [4.78, 5) is 36.0. The number of hydrogen-bond acceptors (Lipinski definition) is 7. The first-order chi connectivity index (χ1) is 13.0. The van der Waals surface area contributed by atoms with Crippen LogP contribution >= 0.6 is 0 Å². The Hall–Kier alpha value is -3.75. The fourth-order valence-electron chi connectivity index (χ4n) is 2.78. The first-order valence-corrected chi connectivity index (χ1v) is 7.96. The molecular weight excluding hydrogens is 356 g/mol. The number of fused-ring (bicyclic) bond motifs is 2. The van der Waals surface area contributed by atoms with Crippen LogP contribution in [-0.2, 0) is 16.1 Å². The van der Waals surface area contributed by atoms with Crippen molar-refractivity contribution in [3.63, 3.8) is 0 Å². The molecule has 138 valence electrons. The van der Waals surface area contributed by atoms with E-state index >= 15 is 0 Å². The Bertz CT molecular complexity index is 1110. The van der Waals surface area contributed by atoms with Gasteiger partial charge in [0.1, 0.15) is 6.54 Å². The maximum Gasteiger partial charge on any atom is 0.420 e. The average molecular weight is 370 g/mol. The van der Waals surface area contributed by atoms with Gasteiger partial charge in [0.05, 0.1) is 18.2 Å². The van der Waals surface area contributed by atoms with Gasteiger partial charge in [0.25, 0.3) is 0 Å². The van der Waals surface area contributed by atoms with Crippen molar-refractivity contribution in [2.75, 3.05) is 19.2 Å². The lowest BCUT2D eigenvalue weighted by Gasteiger charge is -2.07. The molecule has 9 heteroatoms. The Morgan fingerprint density at radius 1 is 1.15 bits per heavy atom. The van der Waals surface area contributed by atoms with Gasteiger partial charge in [-0.3, -0.25) is 9.36 Å². The normalized spacial score (nSPS) is 12.2. The third-order valence-corrected chi connectivity index (χ3v) is 4.05. The predicted molar refractivity (Wildman–Crippen MR) is 93.0 cm³/mol. The van der Waals surface area contributed by atoms with Crippen LogP contribution in [0.3, 0.4) is 0 Å². The molecule has 0 unspecified atom stereocenters. The van der Waals surface area contributed by atoms with Crippen LogP contribution in [0.5, 0.6) is 11.5 Å². The highest BCUT2D eigenvalue weighted by Gasteiger charge is 2.17. The van der Waals surface area contributed by atoms with Crippen LogP contribution in [0.4, 0.5) is 5.69 Å². The summed E-state index contributed by atoms with van der Waals surface area (Å²) >= 11 is 0. The zero-order chi connectivity index (χ0) is 19.0. The van der Waals surface area contributed by atoms with E-state index in [0.717, 1.165) is 0 Å². The van der Waals surface area contributed by atoms with E-state index in [1.54, 1.807) is 18.2 Å². The smallest absolute Gasteiger partial charge is 0.420 e. The topological polar surface area (TPSA) is 109 Å². The first-order valence-electron chi connectivity index (χ1n) is 7.96. The fourth-order valence-corrected chi connectivity index (χ4v) is 2.78. The lowest BCUT2D eigenvalue weighted by atomic mass is 10.2. The van der Waals surface area contributed by atoms with Gasteiger partial charge in [-0.1, -0.05) is 0 Å². The quantitative estimate of drug-likeness (QED) is 0.697. The van der Waals surface area contributed by atoms with Crippen molar-refractivity contribution < 1.29 is 28.2 Å². The number of oxazole rings is 1. The third kappa shape index (κ3) is 3.10. The number of amides is 1. The third-order valence-electron chi connectivity index (χ3n) is 4.05. The standard InChI is InChI=1S/C18H14N2O7/c1-24-17(22)10-2-4-12-14(6-10)27-18(23)20(12)8-16(21)19-11-3-5-13-15(7-11)26-9-25-13/h2-7H,8-9H2,1H3,(H,19,21). The van der Waals surface area contributed by atoms with Crippen LogP contribution < -0.4 is 20.5 Å². The van der Waals surface area contributed by atoms with Gasteiger partial charge in [0, 0.05) is 11.8 Å². The molecule has 1 N–H and O–H groups in total. The van der Waals surface area contributed by atoms with Crippen molar-refractivity contribution in [1.29, 1.82) is 0 Å². The van der Waals surface area contributed by atoms with Crippen LogP contribution in [0, 0.1) is 0 Å². The van der Waals surface area contributed by atoms with Crippen molar-refractivity contribution in [2.45, 2.75) is 6.54 Å². The lowest BCUT2D eigenvalue weighted by Crippen LogP contribution is -2.24. The number of carbonyl (C=O) groups is 2. The Kier molecular flexibility index (Phi) is 4.03. The molecule has 1 aromatic heterocycles. The van der Waals surface area contributed by atoms with Gasteiger partial charge in [0.2, 0.25) is 12.7 Å². The maximum atomic E-state index is 12.3. The van der Waals surface area contributed by atoms with Crippen molar-refractivity contribution in [2.24, 2.45) is 0 Å². The van der Waals surface area contributed by atoms with Crippen molar-refractivity contribution >= 4 is 28.7 Å². The Balaban J connectivity index is 1.56. The van der Waals surface area contributed by atoms with E-state index in [2.05, 4.69) is 10.1 Å². The highest BCUT2D eigenvalue weighted by molar-refractivity contribution is 5.94. The largest absolute Gasteiger partial charge is 0.465 e. The number of aromatic nitrogens is 1. The summed E-state index contributed by atoms with van der Waals surface area (Å²) in [6.07, 6.45) is 0. The molecule has 0 bridgehead atoms. The number of nitrogens with zero attached hydrogens (tertiary/aromatic N) is 1. The Morgan fingerprint density at radius 3 is 2.78 bits per heavy atom. The molecule has 1 amide bonds. The maximum absolute atomic E-state index is 12.3. The van der Waals surface area contributed by atoms with Gasteiger partial charge >= 0.3 is 11.7 Å². The van der Waals surface area contributed by atoms with E-state index < -0.39 is 17.6 Å². The lowest BCUT2D eigenvalue weighted by molar-refractivity contribution is -0.116. The number of anilines is 1.